The molecule has 1 spiro atoms. The number of amides is 1. The number of benzene rings is 1. The van der Waals surface area contributed by atoms with E-state index >= 15 is 0 Å². The Balaban J connectivity index is 2.01. The standard InChI is InChI=1S/C12H11NO3/c14-11-8-12(15-5-6-16-12)7-9-3-1-2-4-10(9)13-11/h1-6H,7-8H2,(H,13,14). The van der Waals surface area contributed by atoms with E-state index in [1.54, 1.807) is 0 Å². The number of nitrogens with one attached hydrogen (secondary N) is 1. The van der Waals surface area contributed by atoms with Gasteiger partial charge in [-0.05, 0) is 11.6 Å². The third kappa shape index (κ3) is 1.43. The molecule has 1 aromatic rings. The molecule has 0 saturated heterocycles. The Hall–Kier alpha value is -1.97. The molecule has 3 rings (SSSR count). The summed E-state index contributed by atoms with van der Waals surface area (Å²) in [4.78, 5) is 11.7. The monoisotopic (exact) mass is 217 g/mol. The fourth-order valence-corrected chi connectivity index (χ4v) is 2.09. The maximum atomic E-state index is 11.7. The summed E-state index contributed by atoms with van der Waals surface area (Å²) < 4.78 is 10.9. The maximum absolute atomic E-state index is 11.7. The summed E-state index contributed by atoms with van der Waals surface area (Å²) in [6, 6.07) is 7.68. The highest BCUT2D eigenvalue weighted by Gasteiger charge is 2.41. The van der Waals surface area contributed by atoms with E-state index in [4.69, 9.17) is 9.47 Å². The highest BCUT2D eigenvalue weighted by Crippen LogP contribution is 2.34. The van der Waals surface area contributed by atoms with Gasteiger partial charge in [-0.1, -0.05) is 18.2 Å². The van der Waals surface area contributed by atoms with Crippen molar-refractivity contribution in [2.75, 3.05) is 5.32 Å². The smallest absolute Gasteiger partial charge is 0.262 e. The highest BCUT2D eigenvalue weighted by molar-refractivity contribution is 5.93. The Morgan fingerprint density at radius 1 is 1.12 bits per heavy atom. The predicted octanol–water partition coefficient (Wildman–Crippen LogP) is 1.79. The Kier molecular flexibility index (Phi) is 1.89. The Morgan fingerprint density at radius 3 is 2.69 bits per heavy atom. The van der Waals surface area contributed by atoms with E-state index in [-0.39, 0.29) is 12.3 Å². The summed E-state index contributed by atoms with van der Waals surface area (Å²) in [5.74, 6) is -0.940. The van der Waals surface area contributed by atoms with Gasteiger partial charge in [-0.25, -0.2) is 0 Å². The van der Waals surface area contributed by atoms with Crippen molar-refractivity contribution < 1.29 is 14.3 Å². The topological polar surface area (TPSA) is 47.6 Å². The lowest BCUT2D eigenvalue weighted by Gasteiger charge is -2.25. The maximum Gasteiger partial charge on any atom is 0.262 e. The molecule has 0 bridgehead atoms. The summed E-state index contributed by atoms with van der Waals surface area (Å²) in [7, 11) is 0. The first-order valence-corrected chi connectivity index (χ1v) is 5.16. The van der Waals surface area contributed by atoms with Crippen LogP contribution in [0.15, 0.2) is 36.8 Å². The molecule has 0 aromatic heterocycles. The molecule has 4 nitrogen and oxygen atoms in total. The average Bonchev–Trinajstić information content (AvgIpc) is 2.62. The van der Waals surface area contributed by atoms with Crippen molar-refractivity contribution in [2.24, 2.45) is 0 Å². The SMILES string of the molecule is O=C1CC2(Cc3ccccc3N1)OC=CO2. The van der Waals surface area contributed by atoms with Crippen LogP contribution in [0.3, 0.4) is 0 Å². The summed E-state index contributed by atoms with van der Waals surface area (Å²) in [5.41, 5.74) is 1.86. The molecule has 2 heterocycles. The molecule has 0 unspecified atom stereocenters. The van der Waals surface area contributed by atoms with Gasteiger partial charge in [0.15, 0.2) is 0 Å². The Morgan fingerprint density at radius 2 is 1.88 bits per heavy atom. The number of carbonyl (C=O) groups is 1. The van der Waals surface area contributed by atoms with Crippen LogP contribution in [0.1, 0.15) is 12.0 Å². The number of rotatable bonds is 0. The molecule has 1 aromatic carbocycles. The minimum atomic E-state index is -0.851. The van der Waals surface area contributed by atoms with Crippen molar-refractivity contribution in [1.29, 1.82) is 0 Å². The van der Waals surface area contributed by atoms with Crippen molar-refractivity contribution in [3.05, 3.63) is 42.4 Å². The molecular formula is C12H11NO3. The summed E-state index contributed by atoms with van der Waals surface area (Å²) >= 11 is 0. The van der Waals surface area contributed by atoms with Gasteiger partial charge in [0.2, 0.25) is 5.91 Å². The van der Waals surface area contributed by atoms with E-state index in [1.807, 2.05) is 24.3 Å². The van der Waals surface area contributed by atoms with E-state index in [1.165, 1.54) is 12.5 Å². The van der Waals surface area contributed by atoms with Gasteiger partial charge in [0, 0.05) is 5.69 Å². The number of carbonyl (C=O) groups excluding carboxylic acids is 1. The molecule has 1 N–H and O–H groups in total. The van der Waals surface area contributed by atoms with Gasteiger partial charge < -0.3 is 14.8 Å². The quantitative estimate of drug-likeness (QED) is 0.720. The molecule has 0 atom stereocenters. The Labute approximate surface area is 92.9 Å². The largest absolute Gasteiger partial charge is 0.456 e. The van der Waals surface area contributed by atoms with E-state index < -0.39 is 5.79 Å². The van der Waals surface area contributed by atoms with Crippen molar-refractivity contribution in [3.63, 3.8) is 0 Å². The van der Waals surface area contributed by atoms with Gasteiger partial charge in [0.05, 0.1) is 6.42 Å². The zero-order chi connectivity index (χ0) is 11.0. The minimum absolute atomic E-state index is 0.0892. The third-order valence-electron chi connectivity index (χ3n) is 2.80. The van der Waals surface area contributed by atoms with Gasteiger partial charge in [-0.3, -0.25) is 4.79 Å². The fraction of sp³-hybridized carbons (Fsp3) is 0.250. The zero-order valence-corrected chi connectivity index (χ0v) is 8.60. The zero-order valence-electron chi connectivity index (χ0n) is 8.60. The number of ether oxygens (including phenoxy) is 2. The second kappa shape index (κ2) is 3.27. The van der Waals surface area contributed by atoms with Crippen LogP contribution in [0.2, 0.25) is 0 Å². The highest BCUT2D eigenvalue weighted by atomic mass is 16.7. The number of fused-ring (bicyclic) bond motifs is 1. The summed E-state index contributed by atoms with van der Waals surface area (Å²) in [6.45, 7) is 0. The van der Waals surface area contributed by atoms with E-state index in [9.17, 15) is 4.79 Å². The minimum Gasteiger partial charge on any atom is -0.456 e. The normalized spacial score (nSPS) is 20.6. The van der Waals surface area contributed by atoms with Crippen molar-refractivity contribution in [1.82, 2.24) is 0 Å². The lowest BCUT2D eigenvalue weighted by Crippen LogP contribution is -2.35. The van der Waals surface area contributed by atoms with Crippen LogP contribution >= 0.6 is 0 Å². The van der Waals surface area contributed by atoms with Gasteiger partial charge in [-0.2, -0.15) is 0 Å². The number of hydrogen-bond donors (Lipinski definition) is 1. The predicted molar refractivity (Wildman–Crippen MR) is 57.4 cm³/mol. The third-order valence-corrected chi connectivity index (χ3v) is 2.80. The van der Waals surface area contributed by atoms with Crippen molar-refractivity contribution in [2.45, 2.75) is 18.6 Å². The van der Waals surface area contributed by atoms with Crippen LogP contribution in [0.4, 0.5) is 5.69 Å². The number of hydrogen-bond acceptors (Lipinski definition) is 3. The van der Waals surface area contributed by atoms with Crippen LogP contribution in [0, 0.1) is 0 Å². The van der Waals surface area contributed by atoms with Crippen molar-refractivity contribution >= 4 is 11.6 Å². The average molecular weight is 217 g/mol. The molecule has 0 saturated carbocycles. The second-order valence-electron chi connectivity index (χ2n) is 3.98. The fourth-order valence-electron chi connectivity index (χ4n) is 2.09. The van der Waals surface area contributed by atoms with Crippen molar-refractivity contribution in [3.8, 4) is 0 Å². The van der Waals surface area contributed by atoms with Crippen LogP contribution in [0.5, 0.6) is 0 Å². The van der Waals surface area contributed by atoms with Gasteiger partial charge in [0.1, 0.15) is 18.9 Å². The van der Waals surface area contributed by atoms with Crippen LogP contribution in [-0.2, 0) is 20.7 Å². The lowest BCUT2D eigenvalue weighted by molar-refractivity contribution is -0.155. The van der Waals surface area contributed by atoms with Crippen LogP contribution < -0.4 is 5.32 Å². The molecule has 1 amide bonds. The van der Waals surface area contributed by atoms with E-state index in [2.05, 4.69) is 5.32 Å². The second-order valence-corrected chi connectivity index (χ2v) is 3.98. The number of anilines is 1. The lowest BCUT2D eigenvalue weighted by atomic mass is 10.0. The van der Waals surface area contributed by atoms with E-state index in [0.717, 1.165) is 11.3 Å². The molecule has 16 heavy (non-hydrogen) atoms. The first kappa shape index (κ1) is 9.27. The van der Waals surface area contributed by atoms with Gasteiger partial charge in [-0.15, -0.1) is 0 Å². The van der Waals surface area contributed by atoms with Gasteiger partial charge >= 0.3 is 0 Å². The van der Waals surface area contributed by atoms with Crippen LogP contribution in [0.25, 0.3) is 0 Å². The van der Waals surface area contributed by atoms with E-state index in [0.29, 0.717) is 6.42 Å². The first-order valence-electron chi connectivity index (χ1n) is 5.16. The number of para-hydroxylation sites is 1. The Bertz CT molecular complexity index is 459. The van der Waals surface area contributed by atoms with Gasteiger partial charge in [0.25, 0.3) is 5.79 Å². The molecule has 2 aliphatic heterocycles. The summed E-state index contributed by atoms with van der Waals surface area (Å²) in [6.07, 6.45) is 3.74. The molecule has 0 fully saturated rings. The first-order chi connectivity index (χ1) is 7.77. The molecule has 2 aliphatic rings. The van der Waals surface area contributed by atoms with Crippen LogP contribution in [-0.4, -0.2) is 11.7 Å². The molecule has 0 radical (unpaired) electrons. The summed E-state index contributed by atoms with van der Waals surface area (Å²) in [5, 5.41) is 2.85. The molecule has 4 heteroatoms. The molecule has 0 aliphatic carbocycles. The molecular weight excluding hydrogens is 206 g/mol. The molecule has 82 valence electrons.